The van der Waals surface area contributed by atoms with E-state index in [1.807, 2.05) is 0 Å². The first kappa shape index (κ1) is 15.1. The van der Waals surface area contributed by atoms with Crippen LogP contribution in [-0.2, 0) is 9.59 Å². The Morgan fingerprint density at radius 3 is 3.00 bits per heavy atom. The molecule has 1 aromatic carbocycles. The van der Waals surface area contributed by atoms with Crippen LogP contribution in [0.5, 0.6) is 5.88 Å². The molecular weight excluding hydrogens is 305 g/mol. The molecule has 1 atom stereocenters. The summed E-state index contributed by atoms with van der Waals surface area (Å²) in [5.74, 6) is -1.69. The van der Waals surface area contributed by atoms with E-state index in [4.69, 9.17) is 0 Å². The molecule has 1 aliphatic rings. The molecule has 1 aromatic heterocycles. The molecule has 1 unspecified atom stereocenters. The highest BCUT2D eigenvalue weighted by Crippen LogP contribution is 2.35. The van der Waals surface area contributed by atoms with Crippen LogP contribution in [-0.4, -0.2) is 41.0 Å². The van der Waals surface area contributed by atoms with Gasteiger partial charge in [-0.1, -0.05) is 0 Å². The van der Waals surface area contributed by atoms with Crippen LogP contribution in [0.25, 0.3) is 10.9 Å². The van der Waals surface area contributed by atoms with E-state index >= 15 is 0 Å². The number of piperazine rings is 1. The number of aromatic amines is 1. The molecule has 0 bridgehead atoms. The number of hydrogen-bond acceptors (Lipinski definition) is 5. The van der Waals surface area contributed by atoms with Gasteiger partial charge in [0.1, 0.15) is 5.82 Å². The third-order valence-corrected chi connectivity index (χ3v) is 3.49. The van der Waals surface area contributed by atoms with Crippen LogP contribution < -0.4 is 10.6 Å². The highest BCUT2D eigenvalue weighted by atomic mass is 19.1. The Kier molecular flexibility index (Phi) is 4.02. The van der Waals surface area contributed by atoms with Crippen LogP contribution in [0.2, 0.25) is 0 Å². The van der Waals surface area contributed by atoms with Crippen LogP contribution in [0.4, 0.5) is 10.1 Å². The molecule has 8 nitrogen and oxygen atoms in total. The van der Waals surface area contributed by atoms with Gasteiger partial charge in [0.2, 0.25) is 11.8 Å². The lowest BCUT2D eigenvalue weighted by molar-refractivity contribution is -0.128. The molecule has 9 heteroatoms. The molecule has 1 saturated heterocycles. The minimum absolute atomic E-state index is 0.0195. The number of amides is 2. The molecule has 1 aliphatic heterocycles. The average molecular weight is 319 g/mol. The number of azo groups is 1. The first-order valence-corrected chi connectivity index (χ1v) is 7.00. The highest BCUT2D eigenvalue weighted by Gasteiger charge is 2.24. The van der Waals surface area contributed by atoms with E-state index in [-0.39, 0.29) is 23.9 Å². The molecule has 120 valence electrons. The summed E-state index contributed by atoms with van der Waals surface area (Å²) >= 11 is 0. The molecule has 2 aromatic rings. The second-order valence-electron chi connectivity index (χ2n) is 5.11. The number of hydrogen-bond donors (Lipinski definition) is 4. The van der Waals surface area contributed by atoms with Gasteiger partial charge in [-0.25, -0.2) is 4.39 Å². The van der Waals surface area contributed by atoms with E-state index in [2.05, 4.69) is 25.8 Å². The third kappa shape index (κ3) is 3.19. The summed E-state index contributed by atoms with van der Waals surface area (Å²) in [6.45, 7) is 1.09. The largest absolute Gasteiger partial charge is 0.493 e. The van der Waals surface area contributed by atoms with Crippen molar-refractivity contribution in [2.24, 2.45) is 10.2 Å². The maximum atomic E-state index is 13.3. The van der Waals surface area contributed by atoms with E-state index < -0.39 is 17.8 Å². The second kappa shape index (κ2) is 6.13. The van der Waals surface area contributed by atoms with Crippen molar-refractivity contribution in [1.29, 1.82) is 0 Å². The minimum atomic E-state index is -0.649. The van der Waals surface area contributed by atoms with Gasteiger partial charge >= 0.3 is 0 Å². The van der Waals surface area contributed by atoms with Gasteiger partial charge in [0.15, 0.2) is 5.69 Å². The predicted molar refractivity (Wildman–Crippen MR) is 78.9 cm³/mol. The molecule has 2 amide bonds. The number of benzene rings is 1. The first-order chi connectivity index (χ1) is 11.0. The summed E-state index contributed by atoms with van der Waals surface area (Å²) in [4.78, 5) is 26.0. The van der Waals surface area contributed by atoms with Crippen molar-refractivity contribution in [2.75, 3.05) is 13.1 Å². The fourth-order valence-corrected chi connectivity index (χ4v) is 2.37. The molecule has 4 N–H and O–H groups in total. The van der Waals surface area contributed by atoms with E-state index in [0.717, 1.165) is 0 Å². The molecule has 0 radical (unpaired) electrons. The summed E-state index contributed by atoms with van der Waals surface area (Å²) in [6.07, 6.45) is -0.146. The van der Waals surface area contributed by atoms with Crippen molar-refractivity contribution < 1.29 is 19.1 Å². The number of H-pyrrole nitrogens is 1. The highest BCUT2D eigenvalue weighted by molar-refractivity contribution is 5.94. The van der Waals surface area contributed by atoms with Crippen LogP contribution in [0.3, 0.4) is 0 Å². The quantitative estimate of drug-likeness (QED) is 0.633. The van der Waals surface area contributed by atoms with Crippen molar-refractivity contribution in [3.63, 3.8) is 0 Å². The standard InChI is InChI=1S/C14H14FN5O3/c15-7-1-2-9-8(5-7)12(14(23)18-9)20-19-11(21)6-10-13(22)17-4-3-16-10/h1-2,5,10,16,18,23H,3-4,6H2,(H,17,22). The fourth-order valence-electron chi connectivity index (χ4n) is 2.37. The smallest absolute Gasteiger partial charge is 0.266 e. The fraction of sp³-hybridized carbons (Fsp3) is 0.286. The monoisotopic (exact) mass is 319 g/mol. The topological polar surface area (TPSA) is 119 Å². The molecule has 23 heavy (non-hydrogen) atoms. The van der Waals surface area contributed by atoms with Crippen molar-refractivity contribution >= 4 is 28.4 Å². The van der Waals surface area contributed by atoms with E-state index in [0.29, 0.717) is 24.0 Å². The lowest BCUT2D eigenvalue weighted by Crippen LogP contribution is -2.53. The SMILES string of the molecule is O=C(CC1NCCNC1=O)N=Nc1c(O)[nH]c2ccc(F)cc12. The van der Waals surface area contributed by atoms with E-state index in [9.17, 15) is 19.1 Å². The van der Waals surface area contributed by atoms with Gasteiger partial charge in [0.05, 0.1) is 18.0 Å². The normalized spacial score (nSPS) is 18.5. The number of nitrogens with one attached hydrogen (secondary N) is 3. The van der Waals surface area contributed by atoms with Crippen LogP contribution in [0, 0.1) is 5.82 Å². The van der Waals surface area contributed by atoms with E-state index in [1.54, 1.807) is 0 Å². The zero-order valence-electron chi connectivity index (χ0n) is 12.0. The summed E-state index contributed by atoms with van der Waals surface area (Å²) in [6, 6.07) is 3.21. The van der Waals surface area contributed by atoms with Gasteiger partial charge in [0, 0.05) is 18.5 Å². The summed E-state index contributed by atoms with van der Waals surface area (Å²) in [7, 11) is 0. The Balaban J connectivity index is 1.77. The molecule has 3 rings (SSSR count). The van der Waals surface area contributed by atoms with Gasteiger partial charge in [0.25, 0.3) is 5.91 Å². The average Bonchev–Trinajstić information content (AvgIpc) is 2.82. The molecule has 0 spiro atoms. The Labute approximate surface area is 129 Å². The van der Waals surface area contributed by atoms with Crippen LogP contribution >= 0.6 is 0 Å². The summed E-state index contributed by atoms with van der Waals surface area (Å²) in [5, 5.41) is 22.8. The Morgan fingerprint density at radius 2 is 2.22 bits per heavy atom. The number of fused-ring (bicyclic) bond motifs is 1. The number of aromatic hydroxyl groups is 1. The summed E-state index contributed by atoms with van der Waals surface area (Å²) in [5.41, 5.74) is 0.451. The number of carbonyl (C=O) groups excluding carboxylic acids is 2. The van der Waals surface area contributed by atoms with Crippen LogP contribution in [0.1, 0.15) is 6.42 Å². The number of rotatable bonds is 3. The number of carbonyl (C=O) groups is 2. The first-order valence-electron chi connectivity index (χ1n) is 7.00. The molecular formula is C14H14FN5O3. The van der Waals surface area contributed by atoms with Gasteiger partial charge in [-0.15, -0.1) is 10.2 Å². The Morgan fingerprint density at radius 1 is 1.39 bits per heavy atom. The lowest BCUT2D eigenvalue weighted by Gasteiger charge is -2.21. The zero-order valence-corrected chi connectivity index (χ0v) is 12.0. The van der Waals surface area contributed by atoms with Gasteiger partial charge in [-0.2, -0.15) is 0 Å². The van der Waals surface area contributed by atoms with Crippen molar-refractivity contribution in [3.05, 3.63) is 24.0 Å². The minimum Gasteiger partial charge on any atom is -0.493 e. The van der Waals surface area contributed by atoms with Gasteiger partial charge in [-0.3, -0.25) is 9.59 Å². The lowest BCUT2D eigenvalue weighted by atomic mass is 10.1. The molecule has 1 fully saturated rings. The van der Waals surface area contributed by atoms with Crippen LogP contribution in [0.15, 0.2) is 28.4 Å². The molecule has 0 aliphatic carbocycles. The van der Waals surface area contributed by atoms with E-state index in [1.165, 1.54) is 18.2 Å². The predicted octanol–water partition coefficient (Wildman–Crippen LogP) is 1.10. The Bertz CT molecular complexity index is 801. The second-order valence-corrected chi connectivity index (χ2v) is 5.11. The van der Waals surface area contributed by atoms with Crippen molar-refractivity contribution in [3.8, 4) is 5.88 Å². The summed E-state index contributed by atoms with van der Waals surface area (Å²) < 4.78 is 13.3. The number of aromatic nitrogens is 1. The van der Waals surface area contributed by atoms with Crippen molar-refractivity contribution in [2.45, 2.75) is 12.5 Å². The van der Waals surface area contributed by atoms with Gasteiger partial charge < -0.3 is 20.7 Å². The maximum Gasteiger partial charge on any atom is 0.266 e. The third-order valence-electron chi connectivity index (χ3n) is 3.49. The zero-order chi connectivity index (χ0) is 16.4. The number of nitrogens with zero attached hydrogens (tertiary/aromatic N) is 2. The molecule has 2 heterocycles. The Hall–Kier alpha value is -2.81. The molecule has 0 saturated carbocycles. The van der Waals surface area contributed by atoms with Gasteiger partial charge in [-0.05, 0) is 18.2 Å². The maximum absolute atomic E-state index is 13.3. The van der Waals surface area contributed by atoms with Crippen molar-refractivity contribution in [1.82, 2.24) is 15.6 Å². The number of halogens is 1.